The van der Waals surface area contributed by atoms with Crippen molar-refractivity contribution in [1.82, 2.24) is 0 Å². The summed E-state index contributed by atoms with van der Waals surface area (Å²) < 4.78 is 22.8. The Morgan fingerprint density at radius 1 is 1.08 bits per heavy atom. The molecule has 0 aromatic rings. The van der Waals surface area contributed by atoms with E-state index in [1.165, 1.54) is 0 Å². The Balaban J connectivity index is 1.65. The van der Waals surface area contributed by atoms with Gasteiger partial charge in [0.1, 0.15) is 6.10 Å². The van der Waals surface area contributed by atoms with E-state index in [-0.39, 0.29) is 23.5 Å². The number of hydrogen-bond donors (Lipinski definition) is 0. The van der Waals surface area contributed by atoms with Gasteiger partial charge in [0.2, 0.25) is 0 Å². The van der Waals surface area contributed by atoms with Crippen molar-refractivity contribution < 1.29 is 23.4 Å². The lowest BCUT2D eigenvalue weighted by atomic mass is 9.88. The summed E-state index contributed by atoms with van der Waals surface area (Å²) in [5.41, 5.74) is 0. The van der Waals surface area contributed by atoms with E-state index in [4.69, 9.17) is 18.6 Å². The van der Waals surface area contributed by atoms with Gasteiger partial charge in [-0.05, 0) is 56.2 Å². The van der Waals surface area contributed by atoms with Crippen molar-refractivity contribution in [2.45, 2.75) is 89.8 Å². The third kappa shape index (κ3) is 6.66. The molecule has 1 aliphatic heterocycles. The van der Waals surface area contributed by atoms with Crippen LogP contribution in [0.4, 0.5) is 0 Å². The molecule has 2 fully saturated rings. The molecule has 0 spiro atoms. The normalized spacial score (nSPS) is 26.4. The van der Waals surface area contributed by atoms with Crippen LogP contribution >= 0.6 is 0 Å². The number of rotatable bonds is 6. The Morgan fingerprint density at radius 2 is 1.68 bits per heavy atom. The maximum absolute atomic E-state index is 12.0. The molecule has 0 bridgehead atoms. The Hall–Kier alpha value is -0.433. The van der Waals surface area contributed by atoms with Crippen molar-refractivity contribution >= 4 is 14.3 Å². The summed E-state index contributed by atoms with van der Waals surface area (Å²) in [6, 6.07) is 0. The van der Waals surface area contributed by atoms with Gasteiger partial charge >= 0.3 is 5.97 Å². The van der Waals surface area contributed by atoms with Gasteiger partial charge in [-0.25, -0.2) is 0 Å². The first-order valence-corrected chi connectivity index (χ1v) is 12.6. The van der Waals surface area contributed by atoms with Crippen LogP contribution in [-0.2, 0) is 23.4 Å². The van der Waals surface area contributed by atoms with Crippen LogP contribution in [0.1, 0.15) is 59.3 Å². The number of ether oxygens (including phenoxy) is 3. The van der Waals surface area contributed by atoms with Crippen LogP contribution in [0.3, 0.4) is 0 Å². The van der Waals surface area contributed by atoms with E-state index in [1.807, 2.05) is 0 Å². The lowest BCUT2D eigenvalue weighted by molar-refractivity contribution is -0.194. The molecule has 1 saturated heterocycles. The summed E-state index contributed by atoms with van der Waals surface area (Å²) in [7, 11) is -1.67. The second kappa shape index (κ2) is 8.98. The van der Waals surface area contributed by atoms with Gasteiger partial charge in [0.25, 0.3) is 0 Å². The molecule has 0 radical (unpaired) electrons. The third-order valence-electron chi connectivity index (χ3n) is 5.81. The van der Waals surface area contributed by atoms with Gasteiger partial charge in [-0.15, -0.1) is 0 Å². The van der Waals surface area contributed by atoms with Crippen molar-refractivity contribution in [1.29, 1.82) is 0 Å². The van der Waals surface area contributed by atoms with Crippen LogP contribution in [0.15, 0.2) is 0 Å². The number of esters is 1. The van der Waals surface area contributed by atoms with Crippen LogP contribution in [0.5, 0.6) is 0 Å². The largest absolute Gasteiger partial charge is 0.462 e. The first-order chi connectivity index (χ1) is 11.7. The molecule has 0 aromatic heterocycles. The summed E-state index contributed by atoms with van der Waals surface area (Å²) in [5.74, 6) is 0.391. The predicted octanol–water partition coefficient (Wildman–Crippen LogP) is 4.26. The highest BCUT2D eigenvalue weighted by atomic mass is 28.4. The third-order valence-corrected chi connectivity index (χ3v) is 10.3. The standard InChI is InChI=1S/C19H36O5Si/c1-19(2,3)25(4,5)23-14-15-7-9-16(10-8-15)24-17(20)13-18-21-11-6-12-22-18/h15-16,18H,6-14H2,1-5H3. The molecular weight excluding hydrogens is 336 g/mol. The molecule has 0 atom stereocenters. The van der Waals surface area contributed by atoms with Gasteiger partial charge in [-0.3, -0.25) is 4.79 Å². The van der Waals surface area contributed by atoms with Gasteiger partial charge in [-0.1, -0.05) is 20.8 Å². The van der Waals surface area contributed by atoms with Crippen LogP contribution in [-0.4, -0.2) is 46.5 Å². The molecular formula is C19H36O5Si. The summed E-state index contributed by atoms with van der Waals surface area (Å²) in [4.78, 5) is 12.0. The molecule has 5 nitrogen and oxygen atoms in total. The minimum Gasteiger partial charge on any atom is -0.462 e. The van der Waals surface area contributed by atoms with Crippen LogP contribution in [0, 0.1) is 5.92 Å². The SMILES string of the molecule is CC(C)(C)[Si](C)(C)OCC1CCC(OC(=O)CC2OCCCO2)CC1. The van der Waals surface area contributed by atoms with Crippen LogP contribution < -0.4 is 0 Å². The molecule has 1 aliphatic carbocycles. The van der Waals surface area contributed by atoms with E-state index < -0.39 is 14.6 Å². The van der Waals surface area contributed by atoms with E-state index in [2.05, 4.69) is 33.9 Å². The monoisotopic (exact) mass is 372 g/mol. The molecule has 0 unspecified atom stereocenters. The fourth-order valence-corrected chi connectivity index (χ4v) is 4.07. The fraction of sp³-hybridized carbons (Fsp3) is 0.947. The molecule has 146 valence electrons. The van der Waals surface area contributed by atoms with Crippen molar-refractivity contribution in [3.63, 3.8) is 0 Å². The topological polar surface area (TPSA) is 54.0 Å². The van der Waals surface area contributed by atoms with Crippen molar-refractivity contribution in [3.05, 3.63) is 0 Å². The smallest absolute Gasteiger partial charge is 0.311 e. The molecule has 0 aromatic carbocycles. The van der Waals surface area contributed by atoms with Crippen molar-refractivity contribution in [3.8, 4) is 0 Å². The van der Waals surface area contributed by atoms with Gasteiger partial charge in [0.15, 0.2) is 14.6 Å². The Kier molecular flexibility index (Phi) is 7.49. The highest BCUT2D eigenvalue weighted by Gasteiger charge is 2.38. The molecule has 6 heteroatoms. The van der Waals surface area contributed by atoms with Gasteiger partial charge in [-0.2, -0.15) is 0 Å². The summed E-state index contributed by atoms with van der Waals surface area (Å²) in [5, 5.41) is 0.253. The van der Waals surface area contributed by atoms with E-state index in [0.29, 0.717) is 19.1 Å². The van der Waals surface area contributed by atoms with Crippen molar-refractivity contribution in [2.24, 2.45) is 5.92 Å². The highest BCUT2D eigenvalue weighted by molar-refractivity contribution is 6.74. The Labute approximate surface area is 153 Å². The van der Waals surface area contributed by atoms with Gasteiger partial charge in [0, 0.05) is 6.61 Å². The first kappa shape index (κ1) is 20.9. The number of hydrogen-bond acceptors (Lipinski definition) is 5. The van der Waals surface area contributed by atoms with Gasteiger partial charge in [0.05, 0.1) is 19.6 Å². The predicted molar refractivity (Wildman–Crippen MR) is 99.9 cm³/mol. The minimum absolute atomic E-state index is 0.0419. The first-order valence-electron chi connectivity index (χ1n) is 9.74. The molecule has 2 aliphatic rings. The maximum atomic E-state index is 12.0. The summed E-state index contributed by atoms with van der Waals surface area (Å²) >= 11 is 0. The Morgan fingerprint density at radius 3 is 2.24 bits per heavy atom. The second-order valence-electron chi connectivity index (χ2n) is 8.93. The number of carbonyl (C=O) groups is 1. The number of carbonyl (C=O) groups excluding carboxylic acids is 1. The fourth-order valence-electron chi connectivity index (χ4n) is 2.98. The zero-order valence-corrected chi connectivity index (χ0v) is 17.6. The average molecular weight is 373 g/mol. The van der Waals surface area contributed by atoms with Gasteiger partial charge < -0.3 is 18.6 Å². The summed E-state index contributed by atoms with van der Waals surface area (Å²) in [6.45, 7) is 13.6. The van der Waals surface area contributed by atoms with E-state index >= 15 is 0 Å². The highest BCUT2D eigenvalue weighted by Crippen LogP contribution is 2.37. The van der Waals surface area contributed by atoms with Crippen molar-refractivity contribution in [2.75, 3.05) is 19.8 Å². The van der Waals surface area contributed by atoms with Crippen LogP contribution in [0.2, 0.25) is 18.1 Å². The van der Waals surface area contributed by atoms with E-state index in [9.17, 15) is 4.79 Å². The zero-order chi connectivity index (χ0) is 18.5. The Bertz CT molecular complexity index is 418. The molecule has 25 heavy (non-hydrogen) atoms. The molecule has 0 amide bonds. The second-order valence-corrected chi connectivity index (χ2v) is 13.7. The lowest BCUT2D eigenvalue weighted by Gasteiger charge is -2.38. The molecule has 2 rings (SSSR count). The minimum atomic E-state index is -1.67. The van der Waals surface area contributed by atoms with E-state index in [1.54, 1.807) is 0 Å². The molecule has 1 heterocycles. The quantitative estimate of drug-likeness (QED) is 0.515. The molecule has 1 saturated carbocycles. The molecule has 0 N–H and O–H groups in total. The van der Waals surface area contributed by atoms with Crippen LogP contribution in [0.25, 0.3) is 0 Å². The zero-order valence-electron chi connectivity index (χ0n) is 16.6. The maximum Gasteiger partial charge on any atom is 0.311 e. The summed E-state index contributed by atoms with van der Waals surface area (Å²) in [6.07, 6.45) is 4.73. The van der Waals surface area contributed by atoms with E-state index in [0.717, 1.165) is 38.7 Å². The average Bonchev–Trinajstić information content (AvgIpc) is 2.54. The lowest BCUT2D eigenvalue weighted by Crippen LogP contribution is -2.42.